The summed E-state index contributed by atoms with van der Waals surface area (Å²) in [5.41, 5.74) is 0.864. The molecular weight excluding hydrogens is 260 g/mol. The molecule has 19 heavy (non-hydrogen) atoms. The van der Waals surface area contributed by atoms with Gasteiger partial charge in [0.1, 0.15) is 11.3 Å². The van der Waals surface area contributed by atoms with Crippen LogP contribution in [0.3, 0.4) is 0 Å². The fourth-order valence-corrected chi connectivity index (χ4v) is 2.87. The van der Waals surface area contributed by atoms with Gasteiger partial charge in [0.25, 0.3) is 0 Å². The third-order valence-electron chi connectivity index (χ3n) is 2.79. The first-order chi connectivity index (χ1) is 9.01. The third-order valence-corrected chi connectivity index (χ3v) is 4.02. The van der Waals surface area contributed by atoms with Gasteiger partial charge in [-0.1, -0.05) is 20.8 Å². The number of aromatic nitrogens is 2. The number of aryl methyl sites for hydroxylation is 1. The molecule has 0 saturated heterocycles. The van der Waals surface area contributed by atoms with Crippen molar-refractivity contribution in [3.8, 4) is 10.6 Å². The summed E-state index contributed by atoms with van der Waals surface area (Å²) in [5.74, 6) is -0.486. The largest absolute Gasteiger partial charge is 0.478 e. The first-order valence-electron chi connectivity index (χ1n) is 6.41. The van der Waals surface area contributed by atoms with E-state index in [1.165, 1.54) is 4.88 Å². The Morgan fingerprint density at radius 3 is 2.74 bits per heavy atom. The van der Waals surface area contributed by atoms with Crippen molar-refractivity contribution in [1.82, 2.24) is 9.78 Å². The Morgan fingerprint density at radius 2 is 2.21 bits per heavy atom. The minimum atomic E-state index is -0.920. The lowest BCUT2D eigenvalue weighted by Crippen LogP contribution is -2.04. The van der Waals surface area contributed by atoms with E-state index in [4.69, 9.17) is 0 Å². The van der Waals surface area contributed by atoms with E-state index < -0.39 is 5.97 Å². The minimum Gasteiger partial charge on any atom is -0.478 e. The van der Waals surface area contributed by atoms with Crippen LogP contribution >= 0.6 is 11.3 Å². The van der Waals surface area contributed by atoms with Crippen molar-refractivity contribution in [2.75, 3.05) is 0 Å². The number of aromatic carboxylic acids is 1. The topological polar surface area (TPSA) is 55.1 Å². The Kier molecular flexibility index (Phi) is 4.04. The van der Waals surface area contributed by atoms with E-state index in [-0.39, 0.29) is 5.56 Å². The maximum absolute atomic E-state index is 11.3. The summed E-state index contributed by atoms with van der Waals surface area (Å²) in [7, 11) is 0. The van der Waals surface area contributed by atoms with Crippen LogP contribution in [0.4, 0.5) is 0 Å². The zero-order valence-corrected chi connectivity index (χ0v) is 12.2. The molecule has 0 atom stereocenters. The molecule has 0 aliphatic carbocycles. The summed E-state index contributed by atoms with van der Waals surface area (Å²) in [4.78, 5) is 13.5. The second-order valence-corrected chi connectivity index (χ2v) is 6.10. The van der Waals surface area contributed by atoms with Crippen LogP contribution in [0.5, 0.6) is 0 Å². The van der Waals surface area contributed by atoms with Crippen LogP contribution < -0.4 is 0 Å². The number of carbonyl (C=O) groups is 1. The smallest absolute Gasteiger partial charge is 0.339 e. The number of nitrogens with zero attached hydrogens (tertiary/aromatic N) is 2. The first kappa shape index (κ1) is 13.8. The summed E-state index contributed by atoms with van der Waals surface area (Å²) in [6.45, 7) is 6.99. The second-order valence-electron chi connectivity index (χ2n) is 4.93. The van der Waals surface area contributed by atoms with Gasteiger partial charge in [-0.3, -0.25) is 4.68 Å². The number of hydrogen-bond acceptors (Lipinski definition) is 3. The number of rotatable bonds is 5. The molecule has 2 heterocycles. The summed E-state index contributed by atoms with van der Waals surface area (Å²) < 4.78 is 1.73. The van der Waals surface area contributed by atoms with E-state index in [0.29, 0.717) is 11.6 Å². The van der Waals surface area contributed by atoms with Crippen LogP contribution in [0, 0.1) is 5.92 Å². The van der Waals surface area contributed by atoms with Gasteiger partial charge in [0.05, 0.1) is 4.88 Å². The van der Waals surface area contributed by atoms with Crippen LogP contribution in [0.25, 0.3) is 10.6 Å². The van der Waals surface area contributed by atoms with E-state index in [9.17, 15) is 9.90 Å². The maximum Gasteiger partial charge on any atom is 0.339 e. The normalized spacial score (nSPS) is 11.2. The molecule has 0 saturated carbocycles. The van der Waals surface area contributed by atoms with Crippen LogP contribution in [0.1, 0.15) is 36.0 Å². The molecule has 0 bridgehead atoms. The van der Waals surface area contributed by atoms with Gasteiger partial charge in [0.15, 0.2) is 0 Å². The molecule has 0 aliphatic heterocycles. The molecule has 0 unspecified atom stereocenters. The molecular formula is C14H18N2O2S. The fourth-order valence-electron chi connectivity index (χ4n) is 1.92. The predicted octanol–water partition coefficient (Wildman–Crippen LogP) is 3.53. The number of carboxylic acids is 1. The SMILES string of the molecule is CCc1ccc(-c2nn(CC(C)C)cc2C(=O)O)s1. The van der Waals surface area contributed by atoms with Gasteiger partial charge in [-0.05, 0) is 24.5 Å². The van der Waals surface area contributed by atoms with Gasteiger partial charge in [-0.2, -0.15) is 5.10 Å². The average Bonchev–Trinajstić information content (AvgIpc) is 2.93. The Hall–Kier alpha value is -1.62. The minimum absolute atomic E-state index is 0.283. The van der Waals surface area contributed by atoms with Crippen LogP contribution in [-0.4, -0.2) is 20.9 Å². The molecule has 0 radical (unpaired) electrons. The number of hydrogen-bond donors (Lipinski definition) is 1. The van der Waals surface area contributed by atoms with Crippen LogP contribution in [0.2, 0.25) is 0 Å². The Labute approximate surface area is 116 Å². The Morgan fingerprint density at radius 1 is 1.47 bits per heavy atom. The van der Waals surface area contributed by atoms with Gasteiger partial charge in [-0.15, -0.1) is 11.3 Å². The van der Waals surface area contributed by atoms with Gasteiger partial charge in [0, 0.05) is 17.6 Å². The van der Waals surface area contributed by atoms with E-state index >= 15 is 0 Å². The van der Waals surface area contributed by atoms with E-state index in [0.717, 1.165) is 17.8 Å². The summed E-state index contributed by atoms with van der Waals surface area (Å²) in [6.07, 6.45) is 2.59. The molecule has 0 amide bonds. The van der Waals surface area contributed by atoms with Crippen molar-refractivity contribution in [2.45, 2.75) is 33.7 Å². The van der Waals surface area contributed by atoms with E-state index in [1.54, 1.807) is 22.2 Å². The lowest BCUT2D eigenvalue weighted by atomic mass is 10.2. The maximum atomic E-state index is 11.3. The molecule has 0 aromatic carbocycles. The van der Waals surface area contributed by atoms with Crippen molar-refractivity contribution in [1.29, 1.82) is 0 Å². The second kappa shape index (κ2) is 5.57. The van der Waals surface area contributed by atoms with Gasteiger partial charge in [0.2, 0.25) is 0 Å². The van der Waals surface area contributed by atoms with E-state index in [2.05, 4.69) is 25.9 Å². The first-order valence-corrected chi connectivity index (χ1v) is 7.22. The summed E-state index contributed by atoms with van der Waals surface area (Å²) in [5, 5.41) is 13.7. The lowest BCUT2D eigenvalue weighted by molar-refractivity contribution is 0.0697. The molecule has 0 aliphatic rings. The molecule has 1 N–H and O–H groups in total. The third kappa shape index (κ3) is 3.04. The highest BCUT2D eigenvalue weighted by atomic mass is 32.1. The van der Waals surface area contributed by atoms with Gasteiger partial charge >= 0.3 is 5.97 Å². The molecule has 2 aromatic heterocycles. The van der Waals surface area contributed by atoms with Crippen molar-refractivity contribution >= 4 is 17.3 Å². The molecule has 102 valence electrons. The highest BCUT2D eigenvalue weighted by Gasteiger charge is 2.18. The Bertz CT molecular complexity index is 584. The van der Waals surface area contributed by atoms with Crippen LogP contribution in [-0.2, 0) is 13.0 Å². The fraction of sp³-hybridized carbons (Fsp3) is 0.429. The molecule has 0 spiro atoms. The van der Waals surface area contributed by atoms with Crippen molar-refractivity contribution in [2.24, 2.45) is 5.92 Å². The number of carboxylic acid groups (broad SMARTS) is 1. The van der Waals surface area contributed by atoms with Crippen molar-refractivity contribution < 1.29 is 9.90 Å². The summed E-state index contributed by atoms with van der Waals surface area (Å²) in [6, 6.07) is 3.99. The molecule has 4 nitrogen and oxygen atoms in total. The monoisotopic (exact) mass is 278 g/mol. The van der Waals surface area contributed by atoms with Crippen molar-refractivity contribution in [3.63, 3.8) is 0 Å². The number of thiophene rings is 1. The van der Waals surface area contributed by atoms with Crippen LogP contribution in [0.15, 0.2) is 18.3 Å². The standard InChI is InChI=1S/C14H18N2O2S/c1-4-10-5-6-12(19-10)13-11(14(17)18)8-16(15-13)7-9(2)3/h5-6,8-9H,4,7H2,1-3H3,(H,17,18). The van der Waals surface area contributed by atoms with E-state index in [1.807, 2.05) is 12.1 Å². The molecule has 2 rings (SSSR count). The Balaban J connectivity index is 2.42. The lowest BCUT2D eigenvalue weighted by Gasteiger charge is -2.03. The highest BCUT2D eigenvalue weighted by Crippen LogP contribution is 2.30. The molecule has 0 fully saturated rings. The van der Waals surface area contributed by atoms with Gasteiger partial charge < -0.3 is 5.11 Å². The predicted molar refractivity (Wildman–Crippen MR) is 76.7 cm³/mol. The van der Waals surface area contributed by atoms with Crippen molar-refractivity contribution in [3.05, 3.63) is 28.8 Å². The molecule has 2 aromatic rings. The highest BCUT2D eigenvalue weighted by molar-refractivity contribution is 7.15. The zero-order valence-electron chi connectivity index (χ0n) is 11.4. The summed E-state index contributed by atoms with van der Waals surface area (Å²) >= 11 is 1.61. The molecule has 5 heteroatoms. The zero-order chi connectivity index (χ0) is 14.0. The van der Waals surface area contributed by atoms with Gasteiger partial charge in [-0.25, -0.2) is 4.79 Å². The quantitative estimate of drug-likeness (QED) is 0.910. The average molecular weight is 278 g/mol.